The Kier molecular flexibility index (Phi) is 5.30. The number of carbonyl (C=O) groups is 1. The minimum Gasteiger partial charge on any atom is -0.497 e. The summed E-state index contributed by atoms with van der Waals surface area (Å²) >= 11 is 0. The maximum atomic E-state index is 13.6. The highest BCUT2D eigenvalue weighted by Crippen LogP contribution is 2.40. The lowest BCUT2D eigenvalue weighted by Crippen LogP contribution is -2.56. The molecule has 33 heavy (non-hydrogen) atoms. The van der Waals surface area contributed by atoms with E-state index < -0.39 is 0 Å². The van der Waals surface area contributed by atoms with E-state index in [9.17, 15) is 10.1 Å². The Labute approximate surface area is 190 Å². The van der Waals surface area contributed by atoms with Crippen LogP contribution in [0.5, 0.6) is 11.5 Å². The number of hydrogen-bond donors (Lipinski definition) is 0. The van der Waals surface area contributed by atoms with Crippen molar-refractivity contribution in [3.63, 3.8) is 0 Å². The van der Waals surface area contributed by atoms with E-state index in [0.717, 1.165) is 12.8 Å². The monoisotopic (exact) mass is 445 g/mol. The normalized spacial score (nSPS) is 19.3. The summed E-state index contributed by atoms with van der Waals surface area (Å²) in [5, 5.41) is 17.9. The van der Waals surface area contributed by atoms with Crippen molar-refractivity contribution in [2.75, 3.05) is 32.2 Å². The number of aromatic nitrogens is 4. The third-order valence-corrected chi connectivity index (χ3v) is 6.29. The van der Waals surface area contributed by atoms with Gasteiger partial charge in [-0.15, -0.1) is 0 Å². The van der Waals surface area contributed by atoms with Gasteiger partial charge in [0.05, 0.1) is 37.7 Å². The van der Waals surface area contributed by atoms with Crippen LogP contribution in [0, 0.1) is 11.3 Å². The molecule has 2 atom stereocenters. The van der Waals surface area contributed by atoms with Crippen molar-refractivity contribution in [3.05, 3.63) is 54.0 Å². The van der Waals surface area contributed by atoms with Crippen LogP contribution in [0.15, 0.2) is 42.9 Å². The quantitative estimate of drug-likeness (QED) is 0.587. The highest BCUT2D eigenvalue weighted by molar-refractivity contribution is 5.98. The molecule has 4 heterocycles. The number of piperazine rings is 1. The highest BCUT2D eigenvalue weighted by Gasteiger charge is 2.43. The van der Waals surface area contributed by atoms with Gasteiger partial charge in [-0.05, 0) is 31.0 Å². The van der Waals surface area contributed by atoms with Crippen LogP contribution < -0.4 is 14.4 Å². The predicted octanol–water partition coefficient (Wildman–Crippen LogP) is 2.04. The lowest BCUT2D eigenvalue weighted by molar-refractivity contribution is 0.0717. The number of rotatable bonds is 5. The van der Waals surface area contributed by atoms with E-state index in [1.165, 1.54) is 4.80 Å². The van der Waals surface area contributed by atoms with Gasteiger partial charge in [0, 0.05) is 37.4 Å². The van der Waals surface area contributed by atoms with Gasteiger partial charge in [0.2, 0.25) is 0 Å². The summed E-state index contributed by atoms with van der Waals surface area (Å²) in [6, 6.07) is 9.30. The number of amides is 1. The van der Waals surface area contributed by atoms with Crippen LogP contribution in [0.4, 0.5) is 5.82 Å². The van der Waals surface area contributed by atoms with E-state index in [-0.39, 0.29) is 18.0 Å². The zero-order valence-corrected chi connectivity index (χ0v) is 18.4. The summed E-state index contributed by atoms with van der Waals surface area (Å²) in [5.41, 5.74) is 1.54. The fraction of sp³-hybridized carbons (Fsp3) is 0.348. The highest BCUT2D eigenvalue weighted by atomic mass is 16.5. The third kappa shape index (κ3) is 3.51. The molecular formula is C23H23N7O3. The van der Waals surface area contributed by atoms with Gasteiger partial charge >= 0.3 is 0 Å². The summed E-state index contributed by atoms with van der Waals surface area (Å²) in [4.78, 5) is 23.7. The Hall–Kier alpha value is -4.13. The number of ether oxygens (including phenoxy) is 2. The van der Waals surface area contributed by atoms with E-state index in [4.69, 9.17) is 9.47 Å². The molecular weight excluding hydrogens is 422 g/mol. The maximum absolute atomic E-state index is 13.6. The topological polar surface area (TPSA) is 109 Å². The zero-order chi connectivity index (χ0) is 22.9. The second-order valence-corrected chi connectivity index (χ2v) is 8.03. The molecule has 0 N–H and O–H groups in total. The van der Waals surface area contributed by atoms with Crippen molar-refractivity contribution >= 4 is 11.7 Å². The van der Waals surface area contributed by atoms with Gasteiger partial charge in [-0.1, -0.05) is 0 Å². The molecule has 0 aliphatic carbocycles. The Balaban J connectivity index is 1.44. The van der Waals surface area contributed by atoms with Crippen molar-refractivity contribution in [1.29, 1.82) is 5.26 Å². The van der Waals surface area contributed by atoms with Gasteiger partial charge < -0.3 is 19.3 Å². The smallest absolute Gasteiger partial charge is 0.256 e. The summed E-state index contributed by atoms with van der Waals surface area (Å²) in [5.74, 6) is 1.70. The first kappa shape index (κ1) is 20.8. The average molecular weight is 445 g/mol. The van der Waals surface area contributed by atoms with Gasteiger partial charge in [0.25, 0.3) is 5.91 Å². The number of hydrogen-bond acceptors (Lipinski definition) is 8. The average Bonchev–Trinajstić information content (AvgIpc) is 3.48. The minimum absolute atomic E-state index is 0.0767. The predicted molar refractivity (Wildman–Crippen MR) is 119 cm³/mol. The molecule has 3 aromatic rings. The first-order valence-electron chi connectivity index (χ1n) is 10.7. The first-order valence-corrected chi connectivity index (χ1v) is 10.7. The van der Waals surface area contributed by atoms with E-state index in [2.05, 4.69) is 26.2 Å². The second kappa shape index (κ2) is 8.43. The van der Waals surface area contributed by atoms with Gasteiger partial charge in [0.15, 0.2) is 11.6 Å². The fourth-order valence-corrected chi connectivity index (χ4v) is 4.82. The van der Waals surface area contributed by atoms with Crippen LogP contribution in [0.1, 0.15) is 28.8 Å². The van der Waals surface area contributed by atoms with Crippen LogP contribution >= 0.6 is 0 Å². The maximum Gasteiger partial charge on any atom is 0.256 e. The molecule has 0 radical (unpaired) electrons. The van der Waals surface area contributed by atoms with Gasteiger partial charge in [-0.3, -0.25) is 4.79 Å². The third-order valence-electron chi connectivity index (χ3n) is 6.29. The first-order chi connectivity index (χ1) is 16.1. The number of nitriles is 1. The largest absolute Gasteiger partial charge is 0.497 e. The summed E-state index contributed by atoms with van der Waals surface area (Å²) in [6.07, 6.45) is 6.65. The number of fused-ring (bicyclic) bond motifs is 2. The van der Waals surface area contributed by atoms with Crippen molar-refractivity contribution in [2.45, 2.75) is 24.9 Å². The number of methoxy groups -OCH3 is 2. The Morgan fingerprint density at radius 2 is 1.79 bits per heavy atom. The second-order valence-electron chi connectivity index (χ2n) is 8.03. The molecule has 10 heteroatoms. The standard InChI is InChI=1S/C23H23N7O3/c1-32-18-5-6-19(20(11-18)30-26-9-10-27-30)23(31)28-13-16-3-4-17(14-28)29(16)22-21(33-2)15(12-24)7-8-25-22/h5-11,16-17H,3-4,13-14H2,1-2H3. The molecule has 2 unspecified atom stereocenters. The summed E-state index contributed by atoms with van der Waals surface area (Å²) in [6.45, 7) is 1.10. The molecule has 1 aromatic carbocycles. The lowest BCUT2D eigenvalue weighted by Gasteiger charge is -2.42. The zero-order valence-electron chi connectivity index (χ0n) is 18.4. The Bertz CT molecular complexity index is 1210. The van der Waals surface area contributed by atoms with Crippen molar-refractivity contribution < 1.29 is 14.3 Å². The molecule has 0 spiro atoms. The van der Waals surface area contributed by atoms with Crippen LogP contribution in [0.25, 0.3) is 5.69 Å². The molecule has 0 saturated carbocycles. The molecule has 2 aromatic heterocycles. The molecule has 2 aliphatic heterocycles. The molecule has 168 valence electrons. The van der Waals surface area contributed by atoms with Gasteiger partial charge in [-0.2, -0.15) is 20.3 Å². The van der Waals surface area contributed by atoms with Crippen molar-refractivity contribution in [2.24, 2.45) is 0 Å². The Morgan fingerprint density at radius 3 is 2.42 bits per heavy atom. The van der Waals surface area contributed by atoms with E-state index >= 15 is 0 Å². The minimum atomic E-state index is -0.0767. The summed E-state index contributed by atoms with van der Waals surface area (Å²) < 4.78 is 10.9. The van der Waals surface area contributed by atoms with Crippen LogP contribution in [0.2, 0.25) is 0 Å². The number of carbonyl (C=O) groups excluding carboxylic acids is 1. The molecule has 1 amide bonds. The number of benzene rings is 1. The molecule has 2 bridgehead atoms. The molecule has 2 saturated heterocycles. The molecule has 5 rings (SSSR count). The Morgan fingerprint density at radius 1 is 1.06 bits per heavy atom. The molecule has 2 fully saturated rings. The van der Waals surface area contributed by atoms with Crippen LogP contribution in [0.3, 0.4) is 0 Å². The van der Waals surface area contributed by atoms with Crippen LogP contribution in [-0.2, 0) is 0 Å². The van der Waals surface area contributed by atoms with Gasteiger partial charge in [-0.25, -0.2) is 4.98 Å². The molecule has 2 aliphatic rings. The van der Waals surface area contributed by atoms with Crippen molar-refractivity contribution in [1.82, 2.24) is 24.9 Å². The van der Waals surface area contributed by atoms with E-state index in [1.807, 2.05) is 4.90 Å². The number of nitrogens with zero attached hydrogens (tertiary/aromatic N) is 7. The van der Waals surface area contributed by atoms with Crippen LogP contribution in [-0.4, -0.2) is 70.2 Å². The van der Waals surface area contributed by atoms with E-state index in [1.54, 1.807) is 57.1 Å². The number of likely N-dealkylation sites (tertiary alicyclic amines) is 1. The van der Waals surface area contributed by atoms with Crippen molar-refractivity contribution in [3.8, 4) is 23.3 Å². The molecule has 10 nitrogen and oxygen atoms in total. The number of anilines is 1. The number of pyridine rings is 1. The summed E-state index contributed by atoms with van der Waals surface area (Å²) in [7, 11) is 3.13. The van der Waals surface area contributed by atoms with E-state index in [0.29, 0.717) is 47.2 Å². The SMILES string of the molecule is COc1ccc(C(=O)N2CC3CCC(C2)N3c2nccc(C#N)c2OC)c(-n2nccn2)c1. The fourth-order valence-electron chi connectivity index (χ4n) is 4.82. The lowest BCUT2D eigenvalue weighted by atomic mass is 10.1. The van der Waals surface area contributed by atoms with Gasteiger partial charge in [0.1, 0.15) is 17.5 Å².